The van der Waals surface area contributed by atoms with Crippen LogP contribution >= 0.6 is 0 Å². The van der Waals surface area contributed by atoms with E-state index in [1.54, 1.807) is 6.08 Å². The number of hydrogen-bond acceptors (Lipinski definition) is 13. The van der Waals surface area contributed by atoms with Crippen molar-refractivity contribution in [2.75, 3.05) is 19.8 Å². The third-order valence-corrected chi connectivity index (χ3v) is 20.4. The summed E-state index contributed by atoms with van der Waals surface area (Å²) in [5.41, 5.74) is 0. The minimum atomic E-state index is -1.79. The lowest BCUT2D eigenvalue weighted by Gasteiger charge is -2.46. The van der Waals surface area contributed by atoms with Gasteiger partial charge in [-0.1, -0.05) is 366 Å². The van der Waals surface area contributed by atoms with Gasteiger partial charge in [-0.15, -0.1) is 0 Å². The number of unbranched alkanes of at least 4 members (excludes halogenated alkanes) is 55. The van der Waals surface area contributed by atoms with Crippen molar-refractivity contribution in [3.05, 3.63) is 24.3 Å². The quantitative estimate of drug-likeness (QED) is 0.0204. The number of amides is 1. The number of carbonyl (C=O) groups excluding carboxylic acids is 1. The van der Waals surface area contributed by atoms with E-state index in [4.69, 9.17) is 18.9 Å². The van der Waals surface area contributed by atoms with Gasteiger partial charge in [-0.3, -0.25) is 4.79 Å². The molecule has 0 aromatic rings. The zero-order chi connectivity index (χ0) is 68.7. The van der Waals surface area contributed by atoms with Crippen molar-refractivity contribution in [3.8, 4) is 0 Å². The molecule has 2 saturated heterocycles. The summed E-state index contributed by atoms with van der Waals surface area (Å²) in [7, 11) is 0. The normalized spacial score (nSPS) is 22.4. The molecule has 12 atom stereocenters. The van der Waals surface area contributed by atoms with E-state index < -0.39 is 86.8 Å². The Morgan fingerprint density at radius 1 is 0.368 bits per heavy atom. The molecule has 2 aliphatic heterocycles. The van der Waals surface area contributed by atoms with E-state index in [1.165, 1.54) is 327 Å². The highest BCUT2D eigenvalue weighted by molar-refractivity contribution is 5.76. The highest BCUT2D eigenvalue weighted by Crippen LogP contribution is 2.30. The first-order chi connectivity index (χ1) is 46.6. The van der Waals surface area contributed by atoms with Crippen molar-refractivity contribution >= 4 is 5.91 Å². The van der Waals surface area contributed by atoms with E-state index in [1.807, 2.05) is 6.08 Å². The number of hydrogen-bond donors (Lipinski definition) is 9. The molecular formula is C81H155NO13. The average Bonchev–Trinajstić information content (AvgIpc) is 0.800. The standard InChI is InChI=1S/C81H155NO13/c1-3-5-7-9-11-13-15-17-19-21-23-25-27-29-31-32-33-34-35-36-37-38-39-41-43-45-47-49-51-53-55-57-59-61-63-65-73(86)82-69(68-92-80-78(91)76(89)79(72(67-84)94-80)95-81-77(90)75(88)74(87)71(66-83)93-81)70(85)64-62-60-58-56-54-52-50-48-46-44-42-40-30-28-26-24-22-20-18-16-14-12-10-8-6-4-2/h21,23,62,64,69-72,74-81,83-85,87-91H,3-20,22,24-61,63,65-68H2,1-2H3,(H,82,86)/b23-21-,64-62+. The Hall–Kier alpha value is -1.53. The molecule has 562 valence electrons. The van der Waals surface area contributed by atoms with Gasteiger partial charge in [0.25, 0.3) is 0 Å². The third-order valence-electron chi connectivity index (χ3n) is 20.4. The highest BCUT2D eigenvalue weighted by Gasteiger charge is 2.51. The van der Waals surface area contributed by atoms with Crippen molar-refractivity contribution in [2.45, 2.75) is 466 Å². The number of ether oxygens (including phenoxy) is 4. The van der Waals surface area contributed by atoms with Gasteiger partial charge < -0.3 is 65.1 Å². The Morgan fingerprint density at radius 3 is 1.00 bits per heavy atom. The van der Waals surface area contributed by atoms with E-state index in [2.05, 4.69) is 31.3 Å². The monoisotopic (exact) mass is 1350 g/mol. The van der Waals surface area contributed by atoms with E-state index in [9.17, 15) is 45.6 Å². The highest BCUT2D eigenvalue weighted by atomic mass is 16.7. The zero-order valence-electron chi connectivity index (χ0n) is 61.7. The molecule has 0 aromatic carbocycles. The summed E-state index contributed by atoms with van der Waals surface area (Å²) in [5.74, 6) is -0.230. The van der Waals surface area contributed by atoms with Crippen molar-refractivity contribution in [1.82, 2.24) is 5.32 Å². The smallest absolute Gasteiger partial charge is 0.220 e. The predicted molar refractivity (Wildman–Crippen MR) is 392 cm³/mol. The Morgan fingerprint density at radius 2 is 0.663 bits per heavy atom. The minimum absolute atomic E-state index is 0.230. The molecule has 0 bridgehead atoms. The molecule has 0 spiro atoms. The van der Waals surface area contributed by atoms with Crippen LogP contribution in [0, 0.1) is 0 Å². The number of aliphatic hydroxyl groups is 8. The summed E-state index contributed by atoms with van der Waals surface area (Å²) in [6.45, 7) is 2.87. The molecule has 0 aliphatic carbocycles. The first kappa shape index (κ1) is 89.6. The molecule has 2 fully saturated rings. The molecule has 12 unspecified atom stereocenters. The first-order valence-corrected chi connectivity index (χ1v) is 41.1. The summed E-state index contributed by atoms with van der Waals surface area (Å²) in [4.78, 5) is 13.4. The lowest BCUT2D eigenvalue weighted by Crippen LogP contribution is -2.65. The second kappa shape index (κ2) is 65.8. The Balaban J connectivity index is 1.59. The molecule has 1 amide bonds. The molecule has 2 rings (SSSR count). The average molecular weight is 1350 g/mol. The first-order valence-electron chi connectivity index (χ1n) is 41.1. The van der Waals surface area contributed by atoms with Crippen LogP contribution in [0.25, 0.3) is 0 Å². The molecule has 0 saturated carbocycles. The van der Waals surface area contributed by atoms with Crippen molar-refractivity contribution in [3.63, 3.8) is 0 Å². The number of carbonyl (C=O) groups is 1. The fourth-order valence-corrected chi connectivity index (χ4v) is 13.9. The molecule has 9 N–H and O–H groups in total. The van der Waals surface area contributed by atoms with Crippen LogP contribution in [-0.2, 0) is 23.7 Å². The van der Waals surface area contributed by atoms with Crippen LogP contribution in [0.5, 0.6) is 0 Å². The fraction of sp³-hybridized carbons (Fsp3) is 0.938. The molecule has 0 aromatic heterocycles. The van der Waals surface area contributed by atoms with Gasteiger partial charge in [0.2, 0.25) is 5.91 Å². The summed E-state index contributed by atoms with van der Waals surface area (Å²) in [6, 6.07) is -0.914. The van der Waals surface area contributed by atoms with Gasteiger partial charge in [-0.2, -0.15) is 0 Å². The Kier molecular flexibility index (Phi) is 62.0. The van der Waals surface area contributed by atoms with E-state index >= 15 is 0 Å². The topological polar surface area (TPSA) is 228 Å². The molecule has 14 nitrogen and oxygen atoms in total. The molecular weight excluding hydrogens is 1190 g/mol. The summed E-state index contributed by atoms with van der Waals surface area (Å²) >= 11 is 0. The summed E-state index contributed by atoms with van der Waals surface area (Å²) in [6.07, 6.45) is 68.4. The number of allylic oxidation sites excluding steroid dienone is 3. The summed E-state index contributed by atoms with van der Waals surface area (Å²) in [5, 5.41) is 87.7. The number of aliphatic hydroxyl groups excluding tert-OH is 8. The predicted octanol–water partition coefficient (Wildman–Crippen LogP) is 18.6. The number of nitrogens with one attached hydrogen (secondary N) is 1. The molecule has 0 radical (unpaired) electrons. The zero-order valence-corrected chi connectivity index (χ0v) is 61.7. The molecule has 95 heavy (non-hydrogen) atoms. The maximum absolute atomic E-state index is 13.4. The van der Waals surface area contributed by atoms with E-state index in [-0.39, 0.29) is 18.9 Å². The third kappa shape index (κ3) is 48.9. The number of rotatable bonds is 70. The van der Waals surface area contributed by atoms with Crippen molar-refractivity contribution < 1.29 is 64.6 Å². The van der Waals surface area contributed by atoms with Crippen LogP contribution in [-0.4, -0.2) is 140 Å². The Labute approximate surface area is 583 Å². The van der Waals surface area contributed by atoms with Gasteiger partial charge in [-0.25, -0.2) is 0 Å². The second-order valence-electron chi connectivity index (χ2n) is 29.3. The largest absolute Gasteiger partial charge is 0.394 e. The van der Waals surface area contributed by atoms with Gasteiger partial charge in [-0.05, 0) is 44.9 Å². The SMILES string of the molecule is CCCCCCCCCC/C=C\CCCCCCCCCCCCCCCCCCCCCCCCCC(=O)NC(COC1OC(CO)C(OC2OC(CO)C(O)C(O)C2O)C(O)C1O)C(O)/C=C/CCCCCCCCCCCCCCCCCCCCCCCCCC. The van der Waals surface area contributed by atoms with Gasteiger partial charge in [0.1, 0.15) is 48.8 Å². The summed E-state index contributed by atoms with van der Waals surface area (Å²) < 4.78 is 22.9. The maximum atomic E-state index is 13.4. The lowest BCUT2D eigenvalue weighted by molar-refractivity contribution is -0.359. The minimum Gasteiger partial charge on any atom is -0.394 e. The van der Waals surface area contributed by atoms with Crippen LogP contribution in [0.4, 0.5) is 0 Å². The van der Waals surface area contributed by atoms with Gasteiger partial charge >= 0.3 is 0 Å². The second-order valence-corrected chi connectivity index (χ2v) is 29.3. The maximum Gasteiger partial charge on any atom is 0.220 e. The van der Waals surface area contributed by atoms with Crippen LogP contribution in [0.2, 0.25) is 0 Å². The van der Waals surface area contributed by atoms with Crippen LogP contribution in [0.15, 0.2) is 24.3 Å². The van der Waals surface area contributed by atoms with Gasteiger partial charge in [0, 0.05) is 6.42 Å². The van der Waals surface area contributed by atoms with E-state index in [0.29, 0.717) is 6.42 Å². The van der Waals surface area contributed by atoms with Gasteiger partial charge in [0.05, 0.1) is 32.0 Å². The van der Waals surface area contributed by atoms with Crippen molar-refractivity contribution in [1.29, 1.82) is 0 Å². The van der Waals surface area contributed by atoms with Crippen LogP contribution in [0.1, 0.15) is 393 Å². The molecule has 14 heteroatoms. The van der Waals surface area contributed by atoms with E-state index in [0.717, 1.165) is 38.5 Å². The fourth-order valence-electron chi connectivity index (χ4n) is 13.9. The lowest BCUT2D eigenvalue weighted by atomic mass is 9.97. The molecule has 2 aliphatic rings. The van der Waals surface area contributed by atoms with Gasteiger partial charge in [0.15, 0.2) is 12.6 Å². The molecule has 2 heterocycles. The Bertz CT molecular complexity index is 1690. The van der Waals surface area contributed by atoms with Crippen molar-refractivity contribution in [2.24, 2.45) is 0 Å². The van der Waals surface area contributed by atoms with Crippen LogP contribution in [0.3, 0.4) is 0 Å². The van der Waals surface area contributed by atoms with Crippen LogP contribution < -0.4 is 5.32 Å².